The molecule has 0 bridgehead atoms. The van der Waals surface area contributed by atoms with Crippen molar-refractivity contribution in [1.82, 2.24) is 9.55 Å². The summed E-state index contributed by atoms with van der Waals surface area (Å²) in [4.78, 5) is 5.07. The molecule has 0 unspecified atom stereocenters. The third kappa shape index (κ3) is 4.24. The zero-order valence-corrected chi connectivity index (χ0v) is 23.6. The molecule has 8 aromatic rings. The van der Waals surface area contributed by atoms with Gasteiger partial charge in [-0.05, 0) is 91.5 Å². The van der Waals surface area contributed by atoms with E-state index in [-0.39, 0.29) is 0 Å². The smallest absolute Gasteiger partial charge is 0.145 e. The second-order valence-corrected chi connectivity index (χ2v) is 10.9. The number of hydrogen-bond donors (Lipinski definition) is 0. The van der Waals surface area contributed by atoms with E-state index >= 15 is 0 Å². The maximum Gasteiger partial charge on any atom is 0.145 e. The molecular weight excluding hydrogens is 520 g/mol. The fourth-order valence-electron chi connectivity index (χ4n) is 6.35. The molecule has 0 saturated carbocycles. The minimum absolute atomic E-state index is 0.945. The first-order valence-electron chi connectivity index (χ1n) is 14.6. The van der Waals surface area contributed by atoms with Crippen LogP contribution in [0.4, 0.5) is 0 Å². The highest BCUT2D eigenvalue weighted by Crippen LogP contribution is 2.38. The second kappa shape index (κ2) is 10.3. The van der Waals surface area contributed by atoms with Gasteiger partial charge in [-0.15, -0.1) is 0 Å². The summed E-state index contributed by atoms with van der Waals surface area (Å²) in [6.45, 7) is 3.86. The molecule has 0 atom stereocenters. The number of hydrogen-bond acceptors (Lipinski definition) is 1. The fraction of sp³-hybridized carbons (Fsp3) is 0. The van der Waals surface area contributed by atoms with Gasteiger partial charge in [0.1, 0.15) is 5.82 Å². The summed E-state index contributed by atoms with van der Waals surface area (Å²) in [6, 6.07) is 49.9. The first-order chi connectivity index (χ1) is 21.3. The summed E-state index contributed by atoms with van der Waals surface area (Å²) in [7, 11) is 0. The van der Waals surface area contributed by atoms with E-state index in [0.29, 0.717) is 0 Å². The van der Waals surface area contributed by atoms with Crippen LogP contribution in [-0.4, -0.2) is 9.55 Å². The number of nitrogens with zero attached hydrogens (tertiary/aromatic N) is 2. The van der Waals surface area contributed by atoms with Crippen LogP contribution in [0, 0.1) is 0 Å². The van der Waals surface area contributed by atoms with Gasteiger partial charge < -0.3 is 0 Å². The van der Waals surface area contributed by atoms with Crippen LogP contribution in [-0.2, 0) is 0 Å². The first kappa shape index (κ1) is 25.0. The van der Waals surface area contributed by atoms with Gasteiger partial charge in [0.05, 0.1) is 11.0 Å². The van der Waals surface area contributed by atoms with Crippen LogP contribution >= 0.6 is 0 Å². The quantitative estimate of drug-likeness (QED) is 0.154. The number of benzene rings is 7. The van der Waals surface area contributed by atoms with Crippen LogP contribution < -0.4 is 0 Å². The van der Waals surface area contributed by atoms with Crippen LogP contribution in [0.1, 0.15) is 5.56 Å². The Morgan fingerprint density at radius 3 is 2.14 bits per heavy atom. The fourth-order valence-corrected chi connectivity index (χ4v) is 6.35. The van der Waals surface area contributed by atoms with Crippen molar-refractivity contribution in [3.05, 3.63) is 164 Å². The average Bonchev–Trinajstić information content (AvgIpc) is 3.46. The van der Waals surface area contributed by atoms with Crippen LogP contribution in [0.25, 0.3) is 77.6 Å². The van der Waals surface area contributed by atoms with Gasteiger partial charge in [0.15, 0.2) is 0 Å². The Kier molecular flexibility index (Phi) is 5.98. The SMILES string of the molecule is C=CC=Cc1cccc2cc(-c3ccc4cc(-c5nc6ccccc6n5-c5ccccc5)ccc4c3)c3ccccc3c12. The molecule has 0 fully saturated rings. The van der Waals surface area contributed by atoms with Gasteiger partial charge in [0, 0.05) is 11.3 Å². The highest BCUT2D eigenvalue weighted by Gasteiger charge is 2.15. The molecular formula is C41H28N2. The third-order valence-corrected chi connectivity index (χ3v) is 8.31. The minimum Gasteiger partial charge on any atom is -0.292 e. The lowest BCUT2D eigenvalue weighted by Gasteiger charge is -2.14. The van der Waals surface area contributed by atoms with Gasteiger partial charge in [-0.2, -0.15) is 0 Å². The lowest BCUT2D eigenvalue weighted by molar-refractivity contribution is 1.10. The summed E-state index contributed by atoms with van der Waals surface area (Å²) in [5.41, 5.74) is 7.94. The molecule has 7 aromatic carbocycles. The number of imidazole rings is 1. The van der Waals surface area contributed by atoms with E-state index in [1.54, 1.807) is 0 Å². The normalized spacial score (nSPS) is 11.7. The topological polar surface area (TPSA) is 17.8 Å². The Morgan fingerprint density at radius 2 is 1.30 bits per heavy atom. The molecule has 0 spiro atoms. The molecule has 1 heterocycles. The number of fused-ring (bicyclic) bond motifs is 5. The Labute approximate surface area is 250 Å². The molecule has 1 aromatic heterocycles. The van der Waals surface area contributed by atoms with E-state index in [4.69, 9.17) is 4.98 Å². The highest BCUT2D eigenvalue weighted by molar-refractivity contribution is 6.16. The zero-order chi connectivity index (χ0) is 28.8. The average molecular weight is 549 g/mol. The Morgan fingerprint density at radius 1 is 0.581 bits per heavy atom. The lowest BCUT2D eigenvalue weighted by atomic mass is 9.90. The molecule has 2 heteroatoms. The van der Waals surface area contributed by atoms with Crippen molar-refractivity contribution in [2.45, 2.75) is 0 Å². The minimum atomic E-state index is 0.945. The van der Waals surface area contributed by atoms with Crippen molar-refractivity contribution < 1.29 is 0 Å². The van der Waals surface area contributed by atoms with E-state index in [0.717, 1.165) is 28.1 Å². The highest BCUT2D eigenvalue weighted by atomic mass is 15.1. The standard InChI is InChI=1S/C41H28N2/c1-2-3-12-28-13-11-14-32-27-37(35-17-7-8-18-36(35)40(28)32)31-23-21-30-26-33(24-22-29(30)25-31)41-42-38-19-9-10-20-39(38)43(41)34-15-5-4-6-16-34/h2-27H,1H2. The molecule has 0 aliphatic heterocycles. The second-order valence-electron chi connectivity index (χ2n) is 10.9. The van der Waals surface area contributed by atoms with Gasteiger partial charge in [0.25, 0.3) is 0 Å². The van der Waals surface area contributed by atoms with E-state index < -0.39 is 0 Å². The van der Waals surface area contributed by atoms with Crippen molar-refractivity contribution in [1.29, 1.82) is 0 Å². The predicted molar refractivity (Wildman–Crippen MR) is 184 cm³/mol. The first-order valence-corrected chi connectivity index (χ1v) is 14.6. The molecule has 8 rings (SSSR count). The summed E-state index contributed by atoms with van der Waals surface area (Å²) in [6.07, 6.45) is 5.97. The van der Waals surface area contributed by atoms with Gasteiger partial charge in [-0.25, -0.2) is 4.98 Å². The third-order valence-electron chi connectivity index (χ3n) is 8.31. The number of allylic oxidation sites excluding steroid dienone is 2. The van der Waals surface area contributed by atoms with Gasteiger partial charge >= 0.3 is 0 Å². The van der Waals surface area contributed by atoms with Gasteiger partial charge in [0.2, 0.25) is 0 Å². The van der Waals surface area contributed by atoms with Crippen LogP contribution in [0.2, 0.25) is 0 Å². The largest absolute Gasteiger partial charge is 0.292 e. The van der Waals surface area contributed by atoms with Crippen molar-refractivity contribution in [2.24, 2.45) is 0 Å². The monoisotopic (exact) mass is 548 g/mol. The van der Waals surface area contributed by atoms with Crippen LogP contribution in [0.3, 0.4) is 0 Å². The van der Waals surface area contributed by atoms with Gasteiger partial charge in [-0.1, -0.05) is 122 Å². The van der Waals surface area contributed by atoms with E-state index in [9.17, 15) is 0 Å². The van der Waals surface area contributed by atoms with Crippen molar-refractivity contribution in [3.8, 4) is 28.2 Å². The molecule has 2 nitrogen and oxygen atoms in total. The summed E-state index contributed by atoms with van der Waals surface area (Å²) in [5.74, 6) is 0.945. The van der Waals surface area contributed by atoms with Crippen molar-refractivity contribution in [2.75, 3.05) is 0 Å². The summed E-state index contributed by atoms with van der Waals surface area (Å²) in [5, 5.41) is 7.41. The van der Waals surface area contributed by atoms with Crippen molar-refractivity contribution in [3.63, 3.8) is 0 Å². The summed E-state index contributed by atoms with van der Waals surface area (Å²) >= 11 is 0. The molecule has 0 amide bonds. The predicted octanol–water partition coefficient (Wildman–Crippen LogP) is 11.0. The number of aromatic nitrogens is 2. The maximum atomic E-state index is 5.07. The van der Waals surface area contributed by atoms with Crippen LogP contribution in [0.5, 0.6) is 0 Å². The lowest BCUT2D eigenvalue weighted by Crippen LogP contribution is -1.97. The zero-order valence-electron chi connectivity index (χ0n) is 23.6. The Hall–Kier alpha value is -5.73. The number of rotatable bonds is 5. The molecule has 0 N–H and O–H groups in total. The molecule has 202 valence electrons. The van der Waals surface area contributed by atoms with Crippen LogP contribution in [0.15, 0.2) is 158 Å². The molecule has 0 radical (unpaired) electrons. The maximum absolute atomic E-state index is 5.07. The number of para-hydroxylation sites is 3. The van der Waals surface area contributed by atoms with E-state index in [1.165, 1.54) is 49.0 Å². The summed E-state index contributed by atoms with van der Waals surface area (Å²) < 4.78 is 2.25. The van der Waals surface area contributed by atoms with Crippen molar-refractivity contribution >= 4 is 49.4 Å². The van der Waals surface area contributed by atoms with Gasteiger partial charge in [-0.3, -0.25) is 4.57 Å². The molecule has 0 saturated heterocycles. The van der Waals surface area contributed by atoms with E-state index in [1.807, 2.05) is 24.3 Å². The molecule has 0 aliphatic carbocycles. The Bertz CT molecular complexity index is 2360. The molecule has 43 heavy (non-hydrogen) atoms. The van der Waals surface area contributed by atoms with E-state index in [2.05, 4.69) is 145 Å². The Balaban J connectivity index is 1.28. The molecule has 0 aliphatic rings.